The number of nitrogens with one attached hydrogen (secondary N) is 1. The number of ether oxygens (including phenoxy) is 1. The molecule has 0 radical (unpaired) electrons. The molecule has 0 spiro atoms. The molecule has 0 aliphatic carbocycles. The van der Waals surface area contributed by atoms with Crippen LogP contribution in [0.15, 0.2) is 35.1 Å². The number of morpholine rings is 1. The summed E-state index contributed by atoms with van der Waals surface area (Å²) in [6.07, 6.45) is -3.80. The monoisotopic (exact) mass is 397 g/mol. The van der Waals surface area contributed by atoms with E-state index in [-0.39, 0.29) is 19.1 Å². The summed E-state index contributed by atoms with van der Waals surface area (Å²) in [6.45, 7) is 6.01. The van der Waals surface area contributed by atoms with Crippen LogP contribution in [0, 0.1) is 6.92 Å². The molecule has 1 aromatic heterocycles. The molecule has 0 saturated carbocycles. The molecule has 2 amide bonds. The molecule has 1 N–H and O–H groups in total. The zero-order valence-corrected chi connectivity index (χ0v) is 15.8. The third-order valence-electron chi connectivity index (χ3n) is 4.54. The number of halogens is 3. The molecule has 1 aromatic carbocycles. The van der Waals surface area contributed by atoms with Crippen LogP contribution < -0.4 is 5.32 Å². The van der Waals surface area contributed by atoms with Gasteiger partial charge in [-0.3, -0.25) is 0 Å². The fourth-order valence-electron chi connectivity index (χ4n) is 3.20. The number of carbonyl (C=O) groups is 1. The van der Waals surface area contributed by atoms with Crippen LogP contribution in [0.4, 0.5) is 18.0 Å². The quantitative estimate of drug-likeness (QED) is 0.848. The van der Waals surface area contributed by atoms with E-state index >= 15 is 0 Å². The number of benzene rings is 1. The molecular formula is C19H22F3N3O3. The van der Waals surface area contributed by atoms with Crippen LogP contribution in [0.5, 0.6) is 0 Å². The van der Waals surface area contributed by atoms with Gasteiger partial charge in [0.2, 0.25) is 0 Å². The van der Waals surface area contributed by atoms with Gasteiger partial charge in [0.25, 0.3) is 0 Å². The van der Waals surface area contributed by atoms with E-state index in [1.807, 2.05) is 0 Å². The van der Waals surface area contributed by atoms with Gasteiger partial charge in [-0.05, 0) is 38.5 Å². The van der Waals surface area contributed by atoms with E-state index in [1.165, 1.54) is 12.5 Å². The Balaban J connectivity index is 1.74. The summed E-state index contributed by atoms with van der Waals surface area (Å²) in [5.74, 6) is 0.615. The molecule has 152 valence electrons. The molecule has 3 rings (SSSR count). The normalized spacial score (nSPS) is 19.5. The van der Waals surface area contributed by atoms with Gasteiger partial charge in [-0.15, -0.1) is 0 Å². The molecule has 1 aliphatic rings. The summed E-state index contributed by atoms with van der Waals surface area (Å²) in [6, 6.07) is 4.68. The maximum atomic E-state index is 13.0. The first-order valence-corrected chi connectivity index (χ1v) is 8.82. The average molecular weight is 397 g/mol. The predicted octanol–water partition coefficient (Wildman–Crippen LogP) is 4.06. The average Bonchev–Trinajstić information content (AvgIpc) is 3.02. The Bertz CT molecular complexity index is 848. The molecule has 0 unspecified atom stereocenters. The Labute approximate surface area is 160 Å². The van der Waals surface area contributed by atoms with Gasteiger partial charge in [0.1, 0.15) is 17.6 Å². The second kappa shape index (κ2) is 7.46. The molecule has 2 aromatic rings. The van der Waals surface area contributed by atoms with Gasteiger partial charge in [-0.2, -0.15) is 13.2 Å². The number of alkyl halides is 3. The summed E-state index contributed by atoms with van der Waals surface area (Å²) in [4.78, 5) is 18.2. The Morgan fingerprint density at radius 1 is 1.39 bits per heavy atom. The molecule has 1 atom stereocenters. The zero-order valence-electron chi connectivity index (χ0n) is 15.8. The second-order valence-electron chi connectivity index (χ2n) is 7.38. The van der Waals surface area contributed by atoms with Crippen LogP contribution >= 0.6 is 0 Å². The summed E-state index contributed by atoms with van der Waals surface area (Å²) in [7, 11) is 0. The lowest BCUT2D eigenvalue weighted by atomic mass is 10.00. The van der Waals surface area contributed by atoms with Gasteiger partial charge >= 0.3 is 12.2 Å². The summed E-state index contributed by atoms with van der Waals surface area (Å²) in [5.41, 5.74) is -0.448. The molecule has 28 heavy (non-hydrogen) atoms. The van der Waals surface area contributed by atoms with Crippen molar-refractivity contribution in [1.29, 1.82) is 0 Å². The first-order chi connectivity index (χ1) is 13.0. The minimum absolute atomic E-state index is 0.147. The van der Waals surface area contributed by atoms with Crippen molar-refractivity contribution < 1.29 is 27.1 Å². The minimum Gasteiger partial charge on any atom is -0.448 e. The molecular weight excluding hydrogens is 375 g/mol. The summed E-state index contributed by atoms with van der Waals surface area (Å²) in [5, 5.41) is 2.77. The van der Waals surface area contributed by atoms with Crippen LogP contribution in [0.3, 0.4) is 0 Å². The van der Waals surface area contributed by atoms with Crippen molar-refractivity contribution in [3.63, 3.8) is 0 Å². The Hall–Kier alpha value is -2.55. The van der Waals surface area contributed by atoms with E-state index in [0.717, 1.165) is 12.1 Å². The molecule has 1 fully saturated rings. The highest BCUT2D eigenvalue weighted by molar-refractivity contribution is 5.74. The van der Waals surface area contributed by atoms with Crippen molar-refractivity contribution >= 4 is 6.03 Å². The zero-order chi connectivity index (χ0) is 20.5. The maximum Gasteiger partial charge on any atom is 0.416 e. The number of oxazole rings is 1. The number of aryl methyl sites for hydroxylation is 1. The van der Waals surface area contributed by atoms with E-state index in [1.54, 1.807) is 31.7 Å². The van der Waals surface area contributed by atoms with Crippen molar-refractivity contribution in [1.82, 2.24) is 15.2 Å². The smallest absolute Gasteiger partial charge is 0.416 e. The second-order valence-corrected chi connectivity index (χ2v) is 7.38. The summed E-state index contributed by atoms with van der Waals surface area (Å²) < 4.78 is 50.2. The number of hydrogen-bond donors (Lipinski definition) is 1. The van der Waals surface area contributed by atoms with E-state index < -0.39 is 23.4 Å². The van der Waals surface area contributed by atoms with Gasteiger partial charge in [0.05, 0.1) is 30.8 Å². The number of carbonyl (C=O) groups excluding carboxylic acids is 1. The predicted molar refractivity (Wildman–Crippen MR) is 94.4 cm³/mol. The van der Waals surface area contributed by atoms with Crippen LogP contribution in [-0.2, 0) is 17.5 Å². The van der Waals surface area contributed by atoms with E-state index in [9.17, 15) is 18.0 Å². The van der Waals surface area contributed by atoms with Crippen molar-refractivity contribution in [3.05, 3.63) is 53.2 Å². The minimum atomic E-state index is -4.44. The molecule has 1 aliphatic heterocycles. The van der Waals surface area contributed by atoms with Crippen LogP contribution in [0.25, 0.3) is 0 Å². The molecule has 1 saturated heterocycles. The van der Waals surface area contributed by atoms with Crippen molar-refractivity contribution in [2.45, 2.75) is 45.2 Å². The SMILES string of the molecule is Cc1ocnc1CNC(=O)N1C[C@H](c2cccc(C(F)(F)F)c2)OC(C)(C)C1. The highest BCUT2D eigenvalue weighted by Crippen LogP contribution is 2.35. The van der Waals surface area contributed by atoms with Crippen LogP contribution in [-0.4, -0.2) is 34.6 Å². The van der Waals surface area contributed by atoms with Crippen LogP contribution in [0.1, 0.15) is 42.5 Å². The lowest BCUT2D eigenvalue weighted by molar-refractivity contribution is -0.138. The fourth-order valence-corrected chi connectivity index (χ4v) is 3.20. The molecule has 2 heterocycles. The lowest BCUT2D eigenvalue weighted by Crippen LogP contribution is -2.54. The maximum absolute atomic E-state index is 13.0. The van der Waals surface area contributed by atoms with E-state index in [2.05, 4.69) is 10.3 Å². The standard InChI is InChI=1S/C19H22F3N3O3/c1-12-15(24-11-27-12)8-23-17(26)25-9-16(28-18(2,3)10-25)13-5-4-6-14(7-13)19(20,21)22/h4-7,11,16H,8-10H2,1-3H3,(H,23,26)/t16-/m1/s1. The van der Waals surface area contributed by atoms with Gasteiger partial charge in [-0.25, -0.2) is 9.78 Å². The van der Waals surface area contributed by atoms with Crippen molar-refractivity contribution in [2.75, 3.05) is 13.1 Å². The number of rotatable bonds is 3. The fraction of sp³-hybridized carbons (Fsp3) is 0.474. The largest absolute Gasteiger partial charge is 0.448 e. The summed E-state index contributed by atoms with van der Waals surface area (Å²) >= 11 is 0. The van der Waals surface area contributed by atoms with Gasteiger partial charge in [0.15, 0.2) is 6.39 Å². The topological polar surface area (TPSA) is 67.6 Å². The van der Waals surface area contributed by atoms with Gasteiger partial charge in [0, 0.05) is 0 Å². The van der Waals surface area contributed by atoms with Gasteiger partial charge < -0.3 is 19.4 Å². The first-order valence-electron chi connectivity index (χ1n) is 8.82. The first kappa shape index (κ1) is 20.2. The van der Waals surface area contributed by atoms with Crippen LogP contribution in [0.2, 0.25) is 0 Å². The van der Waals surface area contributed by atoms with Crippen molar-refractivity contribution in [3.8, 4) is 0 Å². The van der Waals surface area contributed by atoms with E-state index in [0.29, 0.717) is 23.6 Å². The van der Waals surface area contributed by atoms with Crippen molar-refractivity contribution in [2.24, 2.45) is 0 Å². The highest BCUT2D eigenvalue weighted by Gasteiger charge is 2.37. The van der Waals surface area contributed by atoms with E-state index in [4.69, 9.17) is 9.15 Å². The number of amides is 2. The number of aromatic nitrogens is 1. The third-order valence-corrected chi connectivity index (χ3v) is 4.54. The number of urea groups is 1. The number of hydrogen-bond acceptors (Lipinski definition) is 4. The number of nitrogens with zero attached hydrogens (tertiary/aromatic N) is 2. The van der Waals surface area contributed by atoms with Gasteiger partial charge in [-0.1, -0.05) is 12.1 Å². The third kappa shape index (κ3) is 4.64. The molecule has 6 nitrogen and oxygen atoms in total. The highest BCUT2D eigenvalue weighted by atomic mass is 19.4. The Morgan fingerprint density at radius 2 is 2.14 bits per heavy atom. The Morgan fingerprint density at radius 3 is 2.79 bits per heavy atom. The Kier molecular flexibility index (Phi) is 5.38. The molecule has 9 heteroatoms. The lowest BCUT2D eigenvalue weighted by Gasteiger charge is -2.43. The molecule has 0 bridgehead atoms.